The zero-order chi connectivity index (χ0) is 22.9. The number of nitrogens with one attached hydrogen (secondary N) is 3. The second-order valence-corrected chi connectivity index (χ2v) is 6.91. The van der Waals surface area contributed by atoms with E-state index in [4.69, 9.17) is 9.15 Å². The summed E-state index contributed by atoms with van der Waals surface area (Å²) in [6, 6.07) is 6.81. The second-order valence-electron chi connectivity index (χ2n) is 6.91. The number of aryl methyl sites for hydroxylation is 2. The topological polar surface area (TPSA) is 87.9 Å². The number of carbonyl (C=O) groups excluding carboxylic acids is 1. The van der Waals surface area contributed by atoms with Crippen LogP contribution in [0.25, 0.3) is 0 Å². The normalized spacial score (nSPS) is 11.9. The number of carbonyl (C=O) groups is 1. The molecule has 0 bridgehead atoms. The highest BCUT2D eigenvalue weighted by molar-refractivity contribution is 5.92. The fraction of sp³-hybridized carbons (Fsp3) is 0.429. The summed E-state index contributed by atoms with van der Waals surface area (Å²) in [6.45, 7) is 3.44. The molecule has 1 aromatic heterocycles. The van der Waals surface area contributed by atoms with Gasteiger partial charge in [0.15, 0.2) is 18.3 Å². The fourth-order valence-electron chi connectivity index (χ4n) is 2.68. The Morgan fingerprint density at radius 2 is 1.87 bits per heavy atom. The lowest BCUT2D eigenvalue weighted by molar-refractivity contribution is -0.153. The summed E-state index contributed by atoms with van der Waals surface area (Å²) in [4.78, 5) is 16.1. The molecule has 0 aliphatic heterocycles. The quantitative estimate of drug-likeness (QED) is 0.316. The summed E-state index contributed by atoms with van der Waals surface area (Å²) in [5.74, 6) is 0.689. The van der Waals surface area contributed by atoms with Crippen LogP contribution in [0.3, 0.4) is 0 Å². The number of furan rings is 1. The molecule has 7 nitrogen and oxygen atoms in total. The first-order chi connectivity index (χ1) is 14.7. The van der Waals surface area contributed by atoms with Crippen molar-refractivity contribution < 1.29 is 27.1 Å². The lowest BCUT2D eigenvalue weighted by Crippen LogP contribution is -2.38. The number of nitrogens with zero attached hydrogens (tertiary/aromatic N) is 1. The number of guanidine groups is 1. The van der Waals surface area contributed by atoms with E-state index in [0.29, 0.717) is 36.8 Å². The number of ether oxygens (including phenoxy) is 1. The number of benzene rings is 1. The largest absolute Gasteiger partial charge is 0.484 e. The molecule has 3 N–H and O–H groups in total. The first kappa shape index (κ1) is 24.1. The number of aliphatic imine (C=N–C) groups is 1. The molecule has 0 fully saturated rings. The molecule has 0 atom stereocenters. The third kappa shape index (κ3) is 8.23. The highest BCUT2D eigenvalue weighted by atomic mass is 19.4. The van der Waals surface area contributed by atoms with Gasteiger partial charge in [0.1, 0.15) is 5.75 Å². The van der Waals surface area contributed by atoms with Gasteiger partial charge in [-0.15, -0.1) is 0 Å². The van der Waals surface area contributed by atoms with Crippen LogP contribution in [0.1, 0.15) is 33.7 Å². The minimum absolute atomic E-state index is 0.177. The van der Waals surface area contributed by atoms with Crippen LogP contribution in [0, 0.1) is 13.8 Å². The second kappa shape index (κ2) is 11.3. The minimum atomic E-state index is -4.41. The summed E-state index contributed by atoms with van der Waals surface area (Å²) >= 11 is 0. The van der Waals surface area contributed by atoms with Crippen molar-refractivity contribution in [3.05, 3.63) is 53.0 Å². The summed E-state index contributed by atoms with van der Waals surface area (Å²) in [5.41, 5.74) is 2.16. The van der Waals surface area contributed by atoms with E-state index < -0.39 is 12.8 Å². The van der Waals surface area contributed by atoms with Crippen LogP contribution < -0.4 is 20.7 Å². The van der Waals surface area contributed by atoms with Crippen LogP contribution in [0.2, 0.25) is 0 Å². The standard InChI is InChI=1S/C21H27F3N4O3/c1-14-5-6-16(17(11-14)31-13-21(22,23)24)12-28-20(25-3)27-9-4-8-26-19(29)18-15(2)7-10-30-18/h5-7,10-11H,4,8-9,12-13H2,1-3H3,(H,26,29)(H2,25,27,28). The molecule has 0 aliphatic carbocycles. The van der Waals surface area contributed by atoms with Crippen LogP contribution in [-0.2, 0) is 6.54 Å². The summed E-state index contributed by atoms with van der Waals surface area (Å²) in [6.07, 6.45) is -2.30. The van der Waals surface area contributed by atoms with Crippen molar-refractivity contribution in [1.29, 1.82) is 0 Å². The van der Waals surface area contributed by atoms with Crippen molar-refractivity contribution in [2.45, 2.75) is 33.0 Å². The molecule has 1 amide bonds. The Balaban J connectivity index is 1.77. The zero-order valence-corrected chi connectivity index (χ0v) is 17.7. The highest BCUT2D eigenvalue weighted by Gasteiger charge is 2.28. The maximum Gasteiger partial charge on any atom is 0.422 e. The number of hydrogen-bond acceptors (Lipinski definition) is 4. The van der Waals surface area contributed by atoms with Crippen LogP contribution in [-0.4, -0.2) is 44.8 Å². The molecule has 1 heterocycles. The summed E-state index contributed by atoms with van der Waals surface area (Å²) in [7, 11) is 1.59. The van der Waals surface area contributed by atoms with Gasteiger partial charge < -0.3 is 25.1 Å². The number of alkyl halides is 3. The molecule has 10 heteroatoms. The smallest absolute Gasteiger partial charge is 0.422 e. The van der Waals surface area contributed by atoms with Gasteiger partial charge in [0, 0.05) is 37.8 Å². The molecule has 2 aromatic rings. The van der Waals surface area contributed by atoms with Crippen LogP contribution in [0.15, 0.2) is 39.9 Å². The first-order valence-corrected chi connectivity index (χ1v) is 9.75. The van der Waals surface area contributed by atoms with Crippen molar-refractivity contribution >= 4 is 11.9 Å². The Hall–Kier alpha value is -3.17. The molecular weight excluding hydrogens is 413 g/mol. The SMILES string of the molecule is CN=C(NCCCNC(=O)c1occc1C)NCc1ccc(C)cc1OCC(F)(F)F. The molecule has 31 heavy (non-hydrogen) atoms. The Labute approximate surface area is 179 Å². The summed E-state index contributed by atoms with van der Waals surface area (Å²) in [5, 5.41) is 8.91. The predicted octanol–water partition coefficient (Wildman–Crippen LogP) is 3.32. The maximum atomic E-state index is 12.5. The van der Waals surface area contributed by atoms with Crippen LogP contribution >= 0.6 is 0 Å². The molecular formula is C21H27F3N4O3. The van der Waals surface area contributed by atoms with Crippen molar-refractivity contribution in [3.8, 4) is 5.75 Å². The van der Waals surface area contributed by atoms with Gasteiger partial charge in [0.2, 0.25) is 0 Å². The summed E-state index contributed by atoms with van der Waals surface area (Å²) < 4.78 is 47.6. The number of hydrogen-bond donors (Lipinski definition) is 3. The van der Waals surface area contributed by atoms with Gasteiger partial charge in [-0.25, -0.2) is 0 Å². The third-order valence-electron chi connectivity index (χ3n) is 4.28. The van der Waals surface area contributed by atoms with E-state index in [-0.39, 0.29) is 18.2 Å². The molecule has 0 spiro atoms. The van der Waals surface area contributed by atoms with Gasteiger partial charge in [0.05, 0.1) is 6.26 Å². The van der Waals surface area contributed by atoms with Gasteiger partial charge >= 0.3 is 6.18 Å². The van der Waals surface area contributed by atoms with Crippen molar-refractivity contribution in [2.24, 2.45) is 4.99 Å². The molecule has 0 unspecified atom stereocenters. The van der Waals surface area contributed by atoms with E-state index in [9.17, 15) is 18.0 Å². The third-order valence-corrected chi connectivity index (χ3v) is 4.28. The molecule has 0 aliphatic rings. The maximum absolute atomic E-state index is 12.5. The van der Waals surface area contributed by atoms with E-state index >= 15 is 0 Å². The average molecular weight is 440 g/mol. The monoisotopic (exact) mass is 440 g/mol. The molecule has 170 valence electrons. The van der Waals surface area contributed by atoms with Crippen molar-refractivity contribution in [3.63, 3.8) is 0 Å². The lowest BCUT2D eigenvalue weighted by Gasteiger charge is -2.16. The fourth-order valence-corrected chi connectivity index (χ4v) is 2.68. The predicted molar refractivity (Wildman–Crippen MR) is 111 cm³/mol. The van der Waals surface area contributed by atoms with Crippen LogP contribution in [0.4, 0.5) is 13.2 Å². The van der Waals surface area contributed by atoms with Crippen LogP contribution in [0.5, 0.6) is 5.75 Å². The number of halogens is 3. The van der Waals surface area contributed by atoms with Gasteiger partial charge in [-0.1, -0.05) is 12.1 Å². The molecule has 1 aromatic carbocycles. The Kier molecular flexibility index (Phi) is 8.77. The average Bonchev–Trinajstić information content (AvgIpc) is 3.14. The minimum Gasteiger partial charge on any atom is -0.484 e. The van der Waals surface area contributed by atoms with Gasteiger partial charge in [-0.05, 0) is 38.0 Å². The Morgan fingerprint density at radius 1 is 1.13 bits per heavy atom. The van der Waals surface area contributed by atoms with E-state index in [0.717, 1.165) is 11.1 Å². The van der Waals surface area contributed by atoms with E-state index in [1.54, 1.807) is 45.2 Å². The molecule has 2 rings (SSSR count). The van der Waals surface area contributed by atoms with Crippen molar-refractivity contribution in [1.82, 2.24) is 16.0 Å². The van der Waals surface area contributed by atoms with E-state index in [1.165, 1.54) is 6.26 Å². The van der Waals surface area contributed by atoms with E-state index in [2.05, 4.69) is 20.9 Å². The highest BCUT2D eigenvalue weighted by Crippen LogP contribution is 2.23. The molecule has 0 radical (unpaired) electrons. The number of amides is 1. The zero-order valence-electron chi connectivity index (χ0n) is 17.7. The van der Waals surface area contributed by atoms with E-state index in [1.807, 2.05) is 0 Å². The lowest BCUT2D eigenvalue weighted by atomic mass is 10.1. The van der Waals surface area contributed by atoms with Gasteiger partial charge in [-0.2, -0.15) is 13.2 Å². The Morgan fingerprint density at radius 3 is 2.52 bits per heavy atom. The van der Waals surface area contributed by atoms with Crippen molar-refractivity contribution in [2.75, 3.05) is 26.7 Å². The number of rotatable bonds is 9. The first-order valence-electron chi connectivity index (χ1n) is 9.75. The molecule has 0 saturated carbocycles. The van der Waals surface area contributed by atoms with Gasteiger partial charge in [0.25, 0.3) is 5.91 Å². The van der Waals surface area contributed by atoms with Gasteiger partial charge in [-0.3, -0.25) is 9.79 Å². The molecule has 0 saturated heterocycles. The Bertz CT molecular complexity index is 894.